The summed E-state index contributed by atoms with van der Waals surface area (Å²) in [5.74, 6) is 0.291. The van der Waals surface area contributed by atoms with E-state index in [4.69, 9.17) is 5.73 Å². The molecule has 0 aliphatic carbocycles. The fourth-order valence-corrected chi connectivity index (χ4v) is 1.63. The fourth-order valence-electron chi connectivity index (χ4n) is 1.28. The molecule has 5 heteroatoms. The summed E-state index contributed by atoms with van der Waals surface area (Å²) in [6.45, 7) is 1.42. The first-order valence-corrected chi connectivity index (χ1v) is 5.11. The lowest BCUT2D eigenvalue weighted by Crippen LogP contribution is -2.04. The van der Waals surface area contributed by atoms with Crippen molar-refractivity contribution >= 4 is 38.4 Å². The molecule has 2 N–H and O–H groups in total. The molecule has 15 heavy (non-hydrogen) atoms. The van der Waals surface area contributed by atoms with Gasteiger partial charge in [0.1, 0.15) is 5.82 Å². The molecule has 0 spiro atoms. The lowest BCUT2D eigenvalue weighted by atomic mass is 10.2. The predicted molar refractivity (Wildman–Crippen MR) is 61.7 cm³/mol. The Labute approximate surface area is 94.7 Å². The van der Waals surface area contributed by atoms with Gasteiger partial charge in [-0.25, -0.2) is 9.97 Å². The molecular formula is C10H8BrN3O. The summed E-state index contributed by atoms with van der Waals surface area (Å²) in [6.07, 6.45) is 0. The number of aromatic nitrogens is 2. The van der Waals surface area contributed by atoms with Gasteiger partial charge in [-0.2, -0.15) is 0 Å². The SMILES string of the molecule is CC(=O)c1nc(N)c2ccc(Br)cc2n1. The molecule has 0 radical (unpaired) electrons. The van der Waals surface area contributed by atoms with E-state index in [9.17, 15) is 4.79 Å². The summed E-state index contributed by atoms with van der Waals surface area (Å²) in [4.78, 5) is 19.2. The minimum Gasteiger partial charge on any atom is -0.383 e. The second-order valence-corrected chi connectivity index (χ2v) is 4.07. The number of nitrogens with two attached hydrogens (primary N) is 1. The highest BCUT2D eigenvalue weighted by atomic mass is 79.9. The van der Waals surface area contributed by atoms with Crippen LogP contribution in [0.2, 0.25) is 0 Å². The number of benzene rings is 1. The molecular weight excluding hydrogens is 258 g/mol. The fraction of sp³-hybridized carbons (Fsp3) is 0.100. The predicted octanol–water partition coefficient (Wildman–Crippen LogP) is 2.18. The van der Waals surface area contributed by atoms with Gasteiger partial charge in [-0.1, -0.05) is 15.9 Å². The van der Waals surface area contributed by atoms with Gasteiger partial charge in [0, 0.05) is 16.8 Å². The minimum absolute atomic E-state index is 0.151. The van der Waals surface area contributed by atoms with E-state index in [0.29, 0.717) is 11.3 Å². The number of carbonyl (C=O) groups is 1. The molecule has 0 amide bonds. The standard InChI is InChI=1S/C10H8BrN3O/c1-5(15)10-13-8-4-6(11)2-3-7(8)9(12)14-10/h2-4H,1H3,(H2,12,13,14). The van der Waals surface area contributed by atoms with Gasteiger partial charge < -0.3 is 5.73 Å². The van der Waals surface area contributed by atoms with Crippen LogP contribution in [0.25, 0.3) is 10.9 Å². The van der Waals surface area contributed by atoms with Crippen molar-refractivity contribution in [3.63, 3.8) is 0 Å². The molecule has 1 aromatic heterocycles. The third-order valence-corrected chi connectivity index (χ3v) is 2.50. The van der Waals surface area contributed by atoms with Gasteiger partial charge in [0.15, 0.2) is 11.6 Å². The molecule has 1 heterocycles. The van der Waals surface area contributed by atoms with Crippen LogP contribution in [0.3, 0.4) is 0 Å². The van der Waals surface area contributed by atoms with E-state index >= 15 is 0 Å². The maximum absolute atomic E-state index is 11.1. The summed E-state index contributed by atoms with van der Waals surface area (Å²) < 4.78 is 0.891. The molecule has 0 atom stereocenters. The third kappa shape index (κ3) is 1.83. The number of hydrogen-bond donors (Lipinski definition) is 1. The van der Waals surface area contributed by atoms with Gasteiger partial charge in [-0.05, 0) is 18.2 Å². The topological polar surface area (TPSA) is 68.9 Å². The van der Waals surface area contributed by atoms with Crippen molar-refractivity contribution in [1.29, 1.82) is 0 Å². The van der Waals surface area contributed by atoms with Crippen molar-refractivity contribution in [3.05, 3.63) is 28.5 Å². The van der Waals surface area contributed by atoms with E-state index in [-0.39, 0.29) is 11.6 Å². The second kappa shape index (κ2) is 3.58. The summed E-state index contributed by atoms with van der Waals surface area (Å²) in [6, 6.07) is 5.48. The van der Waals surface area contributed by atoms with Crippen molar-refractivity contribution in [3.8, 4) is 0 Å². The number of fused-ring (bicyclic) bond motifs is 1. The lowest BCUT2D eigenvalue weighted by molar-refractivity contribution is 0.100. The summed E-state index contributed by atoms with van der Waals surface area (Å²) in [5.41, 5.74) is 6.39. The Kier molecular flexibility index (Phi) is 2.40. The number of ketones is 1. The first-order chi connectivity index (χ1) is 7.08. The van der Waals surface area contributed by atoms with Crippen LogP contribution in [0.4, 0.5) is 5.82 Å². The van der Waals surface area contributed by atoms with Crippen molar-refractivity contribution < 1.29 is 4.79 Å². The third-order valence-electron chi connectivity index (χ3n) is 2.00. The minimum atomic E-state index is -0.191. The summed E-state index contributed by atoms with van der Waals surface area (Å²) in [7, 11) is 0. The van der Waals surface area contributed by atoms with Gasteiger partial charge in [-0.3, -0.25) is 4.79 Å². The smallest absolute Gasteiger partial charge is 0.198 e. The molecule has 2 aromatic rings. The molecule has 1 aromatic carbocycles. The van der Waals surface area contributed by atoms with E-state index in [1.165, 1.54) is 6.92 Å². The number of anilines is 1. The Hall–Kier alpha value is -1.49. The first-order valence-electron chi connectivity index (χ1n) is 4.31. The number of nitrogen functional groups attached to an aromatic ring is 1. The maximum Gasteiger partial charge on any atom is 0.198 e. The van der Waals surface area contributed by atoms with Gasteiger partial charge in [0.05, 0.1) is 5.52 Å². The maximum atomic E-state index is 11.1. The van der Waals surface area contributed by atoms with Gasteiger partial charge >= 0.3 is 0 Å². The average Bonchev–Trinajstić information content (AvgIpc) is 2.16. The van der Waals surface area contributed by atoms with Crippen LogP contribution in [0, 0.1) is 0 Å². The van der Waals surface area contributed by atoms with Crippen molar-refractivity contribution in [1.82, 2.24) is 9.97 Å². The molecule has 0 saturated carbocycles. The van der Waals surface area contributed by atoms with Crippen molar-refractivity contribution in [2.24, 2.45) is 0 Å². The highest BCUT2D eigenvalue weighted by Crippen LogP contribution is 2.21. The van der Waals surface area contributed by atoms with Gasteiger partial charge in [0.2, 0.25) is 0 Å². The molecule has 0 bridgehead atoms. The monoisotopic (exact) mass is 265 g/mol. The number of Topliss-reactive ketones (excluding diaryl/α,β-unsaturated/α-hetero) is 1. The van der Waals surface area contributed by atoms with Gasteiger partial charge in [-0.15, -0.1) is 0 Å². The second-order valence-electron chi connectivity index (χ2n) is 3.15. The molecule has 0 unspecified atom stereocenters. The van der Waals surface area contributed by atoms with E-state index in [1.54, 1.807) is 6.07 Å². The zero-order valence-corrected chi connectivity index (χ0v) is 9.58. The van der Waals surface area contributed by atoms with Crippen LogP contribution in [0.1, 0.15) is 17.5 Å². The summed E-state index contributed by atoms with van der Waals surface area (Å²) >= 11 is 3.33. The van der Waals surface area contributed by atoms with Crippen LogP contribution in [0.15, 0.2) is 22.7 Å². The summed E-state index contributed by atoms with van der Waals surface area (Å²) in [5, 5.41) is 0.753. The van der Waals surface area contributed by atoms with E-state index in [0.717, 1.165) is 9.86 Å². The highest BCUT2D eigenvalue weighted by molar-refractivity contribution is 9.10. The number of nitrogens with zero attached hydrogens (tertiary/aromatic N) is 2. The zero-order valence-electron chi connectivity index (χ0n) is 7.99. The molecule has 4 nitrogen and oxygen atoms in total. The Bertz CT molecular complexity index is 554. The molecule has 76 valence electrons. The van der Waals surface area contributed by atoms with E-state index in [1.807, 2.05) is 12.1 Å². The molecule has 2 rings (SSSR count). The van der Waals surface area contributed by atoms with Gasteiger partial charge in [0.25, 0.3) is 0 Å². The highest BCUT2D eigenvalue weighted by Gasteiger charge is 2.08. The molecule has 0 saturated heterocycles. The molecule has 0 aliphatic heterocycles. The Morgan fingerprint density at radius 1 is 1.40 bits per heavy atom. The first kappa shape index (κ1) is 10.0. The molecule has 0 fully saturated rings. The van der Waals surface area contributed by atoms with E-state index < -0.39 is 0 Å². The quantitative estimate of drug-likeness (QED) is 0.803. The molecule has 0 aliphatic rings. The number of halogens is 1. The van der Waals surface area contributed by atoms with Crippen LogP contribution in [-0.4, -0.2) is 15.8 Å². The normalized spacial score (nSPS) is 10.5. The Balaban J connectivity index is 2.79. The van der Waals surface area contributed by atoms with E-state index in [2.05, 4.69) is 25.9 Å². The van der Waals surface area contributed by atoms with Crippen molar-refractivity contribution in [2.75, 3.05) is 5.73 Å². The van der Waals surface area contributed by atoms with Crippen LogP contribution >= 0.6 is 15.9 Å². The number of rotatable bonds is 1. The van der Waals surface area contributed by atoms with Crippen LogP contribution in [0.5, 0.6) is 0 Å². The Morgan fingerprint density at radius 2 is 2.13 bits per heavy atom. The zero-order chi connectivity index (χ0) is 11.0. The van der Waals surface area contributed by atoms with Crippen LogP contribution < -0.4 is 5.73 Å². The lowest BCUT2D eigenvalue weighted by Gasteiger charge is -2.03. The number of hydrogen-bond acceptors (Lipinski definition) is 4. The number of carbonyl (C=O) groups excluding carboxylic acids is 1. The largest absolute Gasteiger partial charge is 0.383 e. The Morgan fingerprint density at radius 3 is 2.80 bits per heavy atom. The van der Waals surface area contributed by atoms with Crippen molar-refractivity contribution in [2.45, 2.75) is 6.92 Å². The average molecular weight is 266 g/mol. The van der Waals surface area contributed by atoms with Crippen LogP contribution in [-0.2, 0) is 0 Å².